The molecule has 0 aliphatic heterocycles. The van der Waals surface area contributed by atoms with Crippen molar-refractivity contribution in [2.24, 2.45) is 0 Å². The van der Waals surface area contributed by atoms with Gasteiger partial charge in [0.2, 0.25) is 0 Å². The first-order chi connectivity index (χ1) is 9.27. The summed E-state index contributed by atoms with van der Waals surface area (Å²) in [6.07, 6.45) is 3.84. The number of carbonyl (C=O) groups is 1. The van der Waals surface area contributed by atoms with Gasteiger partial charge < -0.3 is 15.2 Å². The standard InChI is InChI=1S/C15H23NO3/c1-19-12-13-6-8-14(9-7-13)15(18)16-10-4-2-3-5-11-17/h6-9,17H,2-5,10-12H2,1H3,(H,16,18). The van der Waals surface area contributed by atoms with Crippen LogP contribution in [-0.4, -0.2) is 31.3 Å². The van der Waals surface area contributed by atoms with Crippen molar-refractivity contribution in [2.45, 2.75) is 32.3 Å². The van der Waals surface area contributed by atoms with Gasteiger partial charge in [-0.15, -0.1) is 0 Å². The molecule has 0 aliphatic rings. The number of hydrogen-bond acceptors (Lipinski definition) is 3. The zero-order valence-electron chi connectivity index (χ0n) is 11.5. The Bertz CT molecular complexity index is 362. The molecule has 2 N–H and O–H groups in total. The lowest BCUT2D eigenvalue weighted by Crippen LogP contribution is -2.24. The van der Waals surface area contributed by atoms with Crippen LogP contribution in [0.15, 0.2) is 24.3 Å². The number of carbonyl (C=O) groups excluding carboxylic acids is 1. The van der Waals surface area contributed by atoms with Crippen LogP contribution in [0.2, 0.25) is 0 Å². The molecule has 0 atom stereocenters. The smallest absolute Gasteiger partial charge is 0.251 e. The van der Waals surface area contributed by atoms with Crippen LogP contribution >= 0.6 is 0 Å². The van der Waals surface area contributed by atoms with E-state index in [0.29, 0.717) is 18.7 Å². The lowest BCUT2D eigenvalue weighted by Gasteiger charge is -2.06. The minimum atomic E-state index is -0.0360. The summed E-state index contributed by atoms with van der Waals surface area (Å²) >= 11 is 0. The fourth-order valence-electron chi connectivity index (χ4n) is 1.81. The molecule has 0 fully saturated rings. The average molecular weight is 265 g/mol. The highest BCUT2D eigenvalue weighted by molar-refractivity contribution is 5.94. The van der Waals surface area contributed by atoms with Crippen molar-refractivity contribution >= 4 is 5.91 Å². The van der Waals surface area contributed by atoms with E-state index in [9.17, 15) is 4.79 Å². The van der Waals surface area contributed by atoms with Gasteiger partial charge in [0.05, 0.1) is 6.61 Å². The van der Waals surface area contributed by atoms with Crippen LogP contribution in [0.1, 0.15) is 41.6 Å². The summed E-state index contributed by atoms with van der Waals surface area (Å²) in [4.78, 5) is 11.8. The van der Waals surface area contributed by atoms with E-state index in [4.69, 9.17) is 9.84 Å². The van der Waals surface area contributed by atoms with E-state index in [1.165, 1.54) is 0 Å². The average Bonchev–Trinajstić information content (AvgIpc) is 2.43. The molecule has 1 aromatic rings. The molecule has 0 unspecified atom stereocenters. The molecule has 4 heteroatoms. The molecule has 106 valence electrons. The van der Waals surface area contributed by atoms with Crippen LogP contribution in [0.3, 0.4) is 0 Å². The van der Waals surface area contributed by atoms with E-state index < -0.39 is 0 Å². The molecular formula is C15H23NO3. The Hall–Kier alpha value is -1.39. The fourth-order valence-corrected chi connectivity index (χ4v) is 1.81. The zero-order valence-corrected chi connectivity index (χ0v) is 11.5. The van der Waals surface area contributed by atoms with Gasteiger partial charge in [-0.25, -0.2) is 0 Å². The maximum absolute atomic E-state index is 11.8. The number of ether oxygens (including phenoxy) is 1. The fraction of sp³-hybridized carbons (Fsp3) is 0.533. The highest BCUT2D eigenvalue weighted by Crippen LogP contribution is 2.05. The summed E-state index contributed by atoms with van der Waals surface area (Å²) in [7, 11) is 1.65. The molecule has 0 saturated carbocycles. The van der Waals surface area contributed by atoms with Crippen molar-refractivity contribution < 1.29 is 14.6 Å². The molecule has 0 radical (unpaired) electrons. The summed E-state index contributed by atoms with van der Waals surface area (Å²) < 4.78 is 5.02. The number of nitrogens with one attached hydrogen (secondary N) is 1. The van der Waals surface area contributed by atoms with Crippen molar-refractivity contribution in [3.63, 3.8) is 0 Å². The minimum Gasteiger partial charge on any atom is -0.396 e. The van der Waals surface area contributed by atoms with E-state index in [1.807, 2.05) is 24.3 Å². The molecule has 4 nitrogen and oxygen atoms in total. The number of hydrogen-bond donors (Lipinski definition) is 2. The van der Waals surface area contributed by atoms with Gasteiger partial charge >= 0.3 is 0 Å². The summed E-state index contributed by atoms with van der Waals surface area (Å²) in [5.74, 6) is -0.0360. The molecule has 0 saturated heterocycles. The number of rotatable bonds is 9. The topological polar surface area (TPSA) is 58.6 Å². The van der Waals surface area contributed by atoms with Crippen molar-refractivity contribution in [2.75, 3.05) is 20.3 Å². The molecule has 0 bridgehead atoms. The van der Waals surface area contributed by atoms with Gasteiger partial charge in [-0.1, -0.05) is 25.0 Å². The second-order valence-electron chi connectivity index (χ2n) is 4.52. The predicted octanol–water partition coefficient (Wildman–Crippen LogP) is 2.12. The molecule has 0 heterocycles. The quantitative estimate of drug-likeness (QED) is 0.672. The first-order valence-electron chi connectivity index (χ1n) is 6.75. The highest BCUT2D eigenvalue weighted by Gasteiger charge is 2.04. The predicted molar refractivity (Wildman–Crippen MR) is 75.0 cm³/mol. The van der Waals surface area contributed by atoms with E-state index in [1.54, 1.807) is 7.11 Å². The normalized spacial score (nSPS) is 10.4. The molecule has 1 amide bonds. The van der Waals surface area contributed by atoms with Crippen molar-refractivity contribution in [1.82, 2.24) is 5.32 Å². The second kappa shape index (κ2) is 9.53. The number of amides is 1. The Labute approximate surface area is 114 Å². The number of benzene rings is 1. The van der Waals surface area contributed by atoms with Crippen LogP contribution in [0.5, 0.6) is 0 Å². The van der Waals surface area contributed by atoms with Gasteiger partial charge in [0.15, 0.2) is 0 Å². The Kier molecular flexibility index (Phi) is 7.86. The lowest BCUT2D eigenvalue weighted by molar-refractivity contribution is 0.0952. The molecule has 19 heavy (non-hydrogen) atoms. The SMILES string of the molecule is COCc1ccc(C(=O)NCCCCCCO)cc1. The van der Waals surface area contributed by atoms with E-state index in [0.717, 1.165) is 31.2 Å². The molecule has 0 aromatic heterocycles. The Balaban J connectivity index is 2.25. The summed E-state index contributed by atoms with van der Waals surface area (Å²) in [5, 5.41) is 11.5. The number of methoxy groups -OCH3 is 1. The molecule has 1 aromatic carbocycles. The highest BCUT2D eigenvalue weighted by atomic mass is 16.5. The van der Waals surface area contributed by atoms with Crippen LogP contribution in [-0.2, 0) is 11.3 Å². The van der Waals surface area contributed by atoms with Gasteiger partial charge in [0.25, 0.3) is 5.91 Å². The summed E-state index contributed by atoms with van der Waals surface area (Å²) in [6.45, 7) is 1.50. The number of aliphatic hydroxyl groups is 1. The van der Waals surface area contributed by atoms with E-state index in [2.05, 4.69) is 5.32 Å². The number of aliphatic hydroxyl groups excluding tert-OH is 1. The molecule has 0 aliphatic carbocycles. The maximum atomic E-state index is 11.8. The van der Waals surface area contributed by atoms with Gasteiger partial charge in [0.1, 0.15) is 0 Å². The van der Waals surface area contributed by atoms with Crippen molar-refractivity contribution in [1.29, 1.82) is 0 Å². The van der Waals surface area contributed by atoms with Crippen molar-refractivity contribution in [3.8, 4) is 0 Å². The van der Waals surface area contributed by atoms with Crippen LogP contribution < -0.4 is 5.32 Å². The molecule has 1 rings (SSSR count). The second-order valence-corrected chi connectivity index (χ2v) is 4.52. The Morgan fingerprint density at radius 3 is 2.47 bits per heavy atom. The summed E-state index contributed by atoms with van der Waals surface area (Å²) in [6, 6.07) is 7.43. The molecule has 0 spiro atoms. The summed E-state index contributed by atoms with van der Waals surface area (Å²) in [5.41, 5.74) is 1.73. The first-order valence-corrected chi connectivity index (χ1v) is 6.75. The first kappa shape index (κ1) is 15.7. The van der Waals surface area contributed by atoms with E-state index >= 15 is 0 Å². The van der Waals surface area contributed by atoms with Crippen LogP contribution in [0.4, 0.5) is 0 Å². The van der Waals surface area contributed by atoms with Gasteiger partial charge in [-0.2, -0.15) is 0 Å². The lowest BCUT2D eigenvalue weighted by atomic mass is 10.1. The molecular weight excluding hydrogens is 242 g/mol. The van der Waals surface area contributed by atoms with Gasteiger partial charge in [-0.3, -0.25) is 4.79 Å². The third kappa shape index (κ3) is 6.36. The Morgan fingerprint density at radius 2 is 1.84 bits per heavy atom. The monoisotopic (exact) mass is 265 g/mol. The maximum Gasteiger partial charge on any atom is 0.251 e. The van der Waals surface area contributed by atoms with Gasteiger partial charge in [-0.05, 0) is 30.5 Å². The third-order valence-electron chi connectivity index (χ3n) is 2.90. The Morgan fingerprint density at radius 1 is 1.16 bits per heavy atom. The van der Waals surface area contributed by atoms with Crippen LogP contribution in [0, 0.1) is 0 Å². The van der Waals surface area contributed by atoms with Crippen LogP contribution in [0.25, 0.3) is 0 Å². The minimum absolute atomic E-state index is 0.0360. The van der Waals surface area contributed by atoms with E-state index in [-0.39, 0.29) is 12.5 Å². The number of unbranched alkanes of at least 4 members (excludes halogenated alkanes) is 3. The zero-order chi connectivity index (χ0) is 13.9. The van der Waals surface area contributed by atoms with Gasteiger partial charge in [0, 0.05) is 25.8 Å². The van der Waals surface area contributed by atoms with Crippen molar-refractivity contribution in [3.05, 3.63) is 35.4 Å². The largest absolute Gasteiger partial charge is 0.396 e. The third-order valence-corrected chi connectivity index (χ3v) is 2.90.